The molecule has 0 saturated heterocycles. The third-order valence-corrected chi connectivity index (χ3v) is 3.14. The highest BCUT2D eigenvalue weighted by Gasteiger charge is 2.11. The maximum atomic E-state index is 11.9. The summed E-state index contributed by atoms with van der Waals surface area (Å²) in [6.07, 6.45) is 1.28. The molecule has 0 atom stereocenters. The number of anilines is 1. The first-order chi connectivity index (χ1) is 10.4. The lowest BCUT2D eigenvalue weighted by Crippen LogP contribution is -2.27. The maximum absolute atomic E-state index is 11.9. The third-order valence-electron chi connectivity index (χ3n) is 2.66. The van der Waals surface area contributed by atoms with E-state index in [0.29, 0.717) is 0 Å². The van der Waals surface area contributed by atoms with E-state index < -0.39 is 16.4 Å². The van der Waals surface area contributed by atoms with Crippen LogP contribution in [0.4, 0.5) is 11.4 Å². The Bertz CT molecular complexity index is 804. The van der Waals surface area contributed by atoms with Gasteiger partial charge in [0.05, 0.1) is 9.95 Å². The molecule has 9 heteroatoms. The van der Waals surface area contributed by atoms with Crippen molar-refractivity contribution >= 4 is 40.5 Å². The monoisotopic (exact) mass is 341 g/mol. The molecule has 1 aromatic carbocycles. The fourth-order valence-corrected chi connectivity index (χ4v) is 2.24. The van der Waals surface area contributed by atoms with E-state index in [9.17, 15) is 19.7 Å². The topological polar surface area (TPSA) is 94.2 Å². The van der Waals surface area contributed by atoms with E-state index in [0.717, 1.165) is 4.57 Å². The number of nitro benzene ring substituents is 1. The first-order valence-electron chi connectivity index (χ1n) is 5.96. The molecule has 0 aliphatic rings. The second-order valence-electron chi connectivity index (χ2n) is 4.29. The molecule has 0 aliphatic heterocycles. The zero-order valence-corrected chi connectivity index (χ0v) is 12.5. The Morgan fingerprint density at radius 3 is 2.73 bits per heavy atom. The number of nitrogens with zero attached hydrogens (tertiary/aromatic N) is 2. The SMILES string of the molecule is O=C(Cn1cc(Cl)cc(Cl)c1=O)Nc1cccc([N+](=O)[O-])c1. The standard InChI is InChI=1S/C13H9Cl2N3O4/c14-8-4-11(15)13(20)17(6-8)7-12(19)16-9-2-1-3-10(5-9)18(21)22/h1-6H,7H2,(H,16,19). The van der Waals surface area contributed by atoms with Crippen molar-refractivity contribution in [3.05, 3.63) is 67.0 Å². The number of rotatable bonds is 4. The van der Waals surface area contributed by atoms with E-state index in [1.54, 1.807) is 0 Å². The minimum atomic E-state index is -0.573. The highest BCUT2D eigenvalue weighted by atomic mass is 35.5. The largest absolute Gasteiger partial charge is 0.324 e. The molecular weight excluding hydrogens is 333 g/mol. The number of nitrogens with one attached hydrogen (secondary N) is 1. The fraction of sp³-hybridized carbons (Fsp3) is 0.0769. The average Bonchev–Trinajstić information content (AvgIpc) is 2.44. The van der Waals surface area contributed by atoms with Gasteiger partial charge in [0.25, 0.3) is 11.2 Å². The molecule has 114 valence electrons. The van der Waals surface area contributed by atoms with Crippen molar-refractivity contribution in [2.45, 2.75) is 6.54 Å². The van der Waals surface area contributed by atoms with E-state index in [4.69, 9.17) is 23.2 Å². The highest BCUT2D eigenvalue weighted by Crippen LogP contribution is 2.17. The molecule has 0 unspecified atom stereocenters. The lowest BCUT2D eigenvalue weighted by molar-refractivity contribution is -0.384. The molecule has 22 heavy (non-hydrogen) atoms. The van der Waals surface area contributed by atoms with Crippen molar-refractivity contribution in [2.75, 3.05) is 5.32 Å². The Morgan fingerprint density at radius 2 is 2.05 bits per heavy atom. The molecule has 1 heterocycles. The normalized spacial score (nSPS) is 10.3. The number of halogens is 2. The van der Waals surface area contributed by atoms with Crippen LogP contribution in [0.3, 0.4) is 0 Å². The number of nitro groups is 1. The smallest absolute Gasteiger partial charge is 0.271 e. The first-order valence-corrected chi connectivity index (χ1v) is 6.72. The quantitative estimate of drug-likeness (QED) is 0.683. The molecule has 1 amide bonds. The van der Waals surface area contributed by atoms with Gasteiger partial charge in [-0.3, -0.25) is 19.7 Å². The zero-order chi connectivity index (χ0) is 16.3. The fourth-order valence-electron chi connectivity index (χ4n) is 1.73. The summed E-state index contributed by atoms with van der Waals surface area (Å²) >= 11 is 11.5. The van der Waals surface area contributed by atoms with Crippen molar-refractivity contribution in [1.29, 1.82) is 0 Å². The third kappa shape index (κ3) is 3.84. The number of benzene rings is 1. The van der Waals surface area contributed by atoms with Crippen LogP contribution in [0.25, 0.3) is 0 Å². The molecule has 0 saturated carbocycles. The van der Waals surface area contributed by atoms with E-state index in [1.807, 2.05) is 0 Å². The predicted octanol–water partition coefficient (Wildman–Crippen LogP) is 2.70. The van der Waals surface area contributed by atoms with Gasteiger partial charge in [-0.2, -0.15) is 0 Å². The van der Waals surface area contributed by atoms with Crippen LogP contribution in [0.2, 0.25) is 10.0 Å². The van der Waals surface area contributed by atoms with Gasteiger partial charge in [0.15, 0.2) is 0 Å². The maximum Gasteiger partial charge on any atom is 0.271 e. The summed E-state index contributed by atoms with van der Waals surface area (Å²) in [5, 5.41) is 13.2. The molecule has 1 aromatic heterocycles. The Hall–Kier alpha value is -2.38. The summed E-state index contributed by atoms with van der Waals surface area (Å²) in [6, 6.07) is 6.73. The van der Waals surface area contributed by atoms with Crippen molar-refractivity contribution < 1.29 is 9.72 Å². The van der Waals surface area contributed by atoms with Crippen molar-refractivity contribution in [1.82, 2.24) is 4.57 Å². The molecule has 7 nitrogen and oxygen atoms in total. The molecular formula is C13H9Cl2N3O4. The number of carbonyl (C=O) groups excluding carboxylic acids is 1. The molecule has 0 radical (unpaired) electrons. The Kier molecular flexibility index (Phi) is 4.79. The number of hydrogen-bond donors (Lipinski definition) is 1. The molecule has 0 fully saturated rings. The van der Waals surface area contributed by atoms with Crippen LogP contribution in [0.5, 0.6) is 0 Å². The Labute approximate surface area is 134 Å². The number of non-ortho nitro benzene ring substituents is 1. The number of pyridine rings is 1. The lowest BCUT2D eigenvalue weighted by Gasteiger charge is -2.08. The zero-order valence-electron chi connectivity index (χ0n) is 11.0. The average molecular weight is 342 g/mol. The van der Waals surface area contributed by atoms with Gasteiger partial charge in [0.1, 0.15) is 11.6 Å². The van der Waals surface area contributed by atoms with Gasteiger partial charge in [0.2, 0.25) is 5.91 Å². The second-order valence-corrected chi connectivity index (χ2v) is 5.14. The second kappa shape index (κ2) is 6.59. The van der Waals surface area contributed by atoms with Gasteiger partial charge in [-0.25, -0.2) is 0 Å². The van der Waals surface area contributed by atoms with Crippen molar-refractivity contribution in [3.8, 4) is 0 Å². The van der Waals surface area contributed by atoms with Crippen LogP contribution in [-0.4, -0.2) is 15.4 Å². The van der Waals surface area contributed by atoms with Crippen LogP contribution >= 0.6 is 23.2 Å². The summed E-state index contributed by atoms with van der Waals surface area (Å²) in [7, 11) is 0. The van der Waals surface area contributed by atoms with E-state index in [-0.39, 0.29) is 28.0 Å². The van der Waals surface area contributed by atoms with E-state index in [2.05, 4.69) is 5.32 Å². The Morgan fingerprint density at radius 1 is 1.32 bits per heavy atom. The van der Waals surface area contributed by atoms with Crippen LogP contribution in [0.15, 0.2) is 41.3 Å². The van der Waals surface area contributed by atoms with Gasteiger partial charge >= 0.3 is 0 Å². The van der Waals surface area contributed by atoms with E-state index in [1.165, 1.54) is 36.5 Å². The molecule has 0 spiro atoms. The number of carbonyl (C=O) groups is 1. The van der Waals surface area contributed by atoms with Crippen molar-refractivity contribution in [2.24, 2.45) is 0 Å². The minimum absolute atomic E-state index is 0.101. The molecule has 2 rings (SSSR count). The first kappa shape index (κ1) is 16.0. The lowest BCUT2D eigenvalue weighted by atomic mass is 10.3. The molecule has 2 aromatic rings. The molecule has 0 aliphatic carbocycles. The summed E-state index contributed by atoms with van der Waals surface area (Å²) in [4.78, 5) is 33.8. The Balaban J connectivity index is 2.16. The van der Waals surface area contributed by atoms with Crippen LogP contribution in [0, 0.1) is 10.1 Å². The molecule has 1 N–H and O–H groups in total. The van der Waals surface area contributed by atoms with Gasteiger partial charge in [-0.1, -0.05) is 29.3 Å². The van der Waals surface area contributed by atoms with Crippen LogP contribution in [0.1, 0.15) is 0 Å². The van der Waals surface area contributed by atoms with Crippen molar-refractivity contribution in [3.63, 3.8) is 0 Å². The van der Waals surface area contributed by atoms with Gasteiger partial charge < -0.3 is 9.88 Å². The van der Waals surface area contributed by atoms with Crippen LogP contribution < -0.4 is 10.9 Å². The highest BCUT2D eigenvalue weighted by molar-refractivity contribution is 6.34. The number of aromatic nitrogens is 1. The minimum Gasteiger partial charge on any atom is -0.324 e. The van der Waals surface area contributed by atoms with E-state index >= 15 is 0 Å². The summed E-state index contributed by atoms with van der Waals surface area (Å²) in [5.74, 6) is -0.541. The number of hydrogen-bond acceptors (Lipinski definition) is 4. The predicted molar refractivity (Wildman–Crippen MR) is 82.4 cm³/mol. The summed E-state index contributed by atoms with van der Waals surface area (Å²) < 4.78 is 1.05. The summed E-state index contributed by atoms with van der Waals surface area (Å²) in [6.45, 7) is -0.318. The van der Waals surface area contributed by atoms with Gasteiger partial charge in [-0.05, 0) is 12.1 Å². The van der Waals surface area contributed by atoms with Crippen LogP contribution in [-0.2, 0) is 11.3 Å². The molecule has 0 bridgehead atoms. The summed E-state index contributed by atoms with van der Waals surface area (Å²) in [5.41, 5.74) is -0.457. The number of amides is 1. The van der Waals surface area contributed by atoms with Gasteiger partial charge in [-0.15, -0.1) is 0 Å². The van der Waals surface area contributed by atoms with Gasteiger partial charge in [0, 0.05) is 24.0 Å².